The standard InChI is InChI=1S/C25H33Cl2N3O4S/c1-5-22(25(32)28-6-2)29(17-19-10-13-20(26)14-11-19)24(31)8-7-15-30(35(4,33)34)23-16-21(27)12-9-18(23)3/h9-14,16,22H,5-8,15,17H2,1-4H3,(H,28,32)/t22-/m0/s1. The molecule has 192 valence electrons. The van der Waals surface area contributed by atoms with Gasteiger partial charge >= 0.3 is 0 Å². The van der Waals surface area contributed by atoms with Crippen molar-refractivity contribution in [2.24, 2.45) is 0 Å². The van der Waals surface area contributed by atoms with E-state index in [2.05, 4.69) is 5.32 Å². The molecule has 0 aliphatic carbocycles. The van der Waals surface area contributed by atoms with Crippen molar-refractivity contribution in [3.05, 3.63) is 63.6 Å². The quantitative estimate of drug-likeness (QED) is 0.418. The second-order valence-corrected chi connectivity index (χ2v) is 11.1. The minimum Gasteiger partial charge on any atom is -0.355 e. The van der Waals surface area contributed by atoms with Gasteiger partial charge in [-0.05, 0) is 62.1 Å². The minimum atomic E-state index is -3.60. The number of aryl methyl sites for hydroxylation is 1. The molecule has 0 unspecified atom stereocenters. The van der Waals surface area contributed by atoms with Crippen LogP contribution >= 0.6 is 23.2 Å². The van der Waals surface area contributed by atoms with Crippen LogP contribution in [0.1, 0.15) is 44.2 Å². The molecule has 0 saturated carbocycles. The third-order valence-corrected chi connectivity index (χ3v) is 7.26. The van der Waals surface area contributed by atoms with Gasteiger partial charge in [0.25, 0.3) is 0 Å². The Bertz CT molecular complexity index is 1120. The van der Waals surface area contributed by atoms with Gasteiger partial charge in [0.1, 0.15) is 6.04 Å². The van der Waals surface area contributed by atoms with Crippen LogP contribution in [0, 0.1) is 6.92 Å². The number of rotatable bonds is 12. The Kier molecular flexibility index (Phi) is 10.9. The molecule has 0 aliphatic rings. The predicted molar refractivity (Wildman–Crippen MR) is 142 cm³/mol. The van der Waals surface area contributed by atoms with Crippen LogP contribution in [0.25, 0.3) is 0 Å². The molecule has 2 aromatic rings. The highest BCUT2D eigenvalue weighted by molar-refractivity contribution is 7.92. The SMILES string of the molecule is CCNC(=O)[C@H](CC)N(Cc1ccc(Cl)cc1)C(=O)CCCN(c1cc(Cl)ccc1C)S(C)(=O)=O. The first-order chi connectivity index (χ1) is 16.5. The molecule has 2 rings (SSSR count). The molecule has 10 heteroatoms. The Labute approximate surface area is 218 Å². The van der Waals surface area contributed by atoms with E-state index < -0.39 is 16.1 Å². The van der Waals surface area contributed by atoms with Crippen molar-refractivity contribution >= 4 is 50.7 Å². The lowest BCUT2D eigenvalue weighted by Crippen LogP contribution is -2.49. The number of hydrogen-bond acceptors (Lipinski definition) is 4. The van der Waals surface area contributed by atoms with Crippen molar-refractivity contribution < 1.29 is 18.0 Å². The Morgan fingerprint density at radius 1 is 1.03 bits per heavy atom. The molecule has 0 heterocycles. The summed E-state index contributed by atoms with van der Waals surface area (Å²) >= 11 is 12.1. The number of carbonyl (C=O) groups excluding carboxylic acids is 2. The fraction of sp³-hybridized carbons (Fsp3) is 0.440. The van der Waals surface area contributed by atoms with Crippen molar-refractivity contribution in [2.45, 2.75) is 52.6 Å². The highest BCUT2D eigenvalue weighted by atomic mass is 35.5. The van der Waals surface area contributed by atoms with E-state index in [4.69, 9.17) is 23.2 Å². The van der Waals surface area contributed by atoms with Gasteiger partial charge in [-0.25, -0.2) is 8.42 Å². The molecular weight excluding hydrogens is 509 g/mol. The van der Waals surface area contributed by atoms with E-state index in [1.807, 2.05) is 26.0 Å². The van der Waals surface area contributed by atoms with E-state index in [-0.39, 0.29) is 37.7 Å². The molecule has 1 N–H and O–H groups in total. The van der Waals surface area contributed by atoms with Gasteiger partial charge in [0.15, 0.2) is 0 Å². The molecule has 0 spiro atoms. The topological polar surface area (TPSA) is 86.8 Å². The van der Waals surface area contributed by atoms with Crippen molar-refractivity contribution in [1.29, 1.82) is 0 Å². The molecule has 0 aliphatic heterocycles. The van der Waals surface area contributed by atoms with Gasteiger partial charge in [0.2, 0.25) is 21.8 Å². The largest absolute Gasteiger partial charge is 0.355 e. The zero-order valence-electron chi connectivity index (χ0n) is 20.6. The highest BCUT2D eigenvalue weighted by Crippen LogP contribution is 2.27. The summed E-state index contributed by atoms with van der Waals surface area (Å²) in [7, 11) is -3.60. The minimum absolute atomic E-state index is 0.0785. The summed E-state index contributed by atoms with van der Waals surface area (Å²) in [6.07, 6.45) is 1.93. The third kappa shape index (κ3) is 8.40. The Morgan fingerprint density at radius 2 is 1.66 bits per heavy atom. The number of nitrogens with one attached hydrogen (secondary N) is 1. The third-order valence-electron chi connectivity index (χ3n) is 5.60. The maximum atomic E-state index is 13.3. The lowest BCUT2D eigenvalue weighted by atomic mass is 10.1. The summed E-state index contributed by atoms with van der Waals surface area (Å²) < 4.78 is 26.3. The van der Waals surface area contributed by atoms with Crippen LogP contribution in [0.2, 0.25) is 10.0 Å². The maximum absolute atomic E-state index is 13.3. The van der Waals surface area contributed by atoms with E-state index in [0.29, 0.717) is 28.7 Å². The number of nitrogens with zero attached hydrogens (tertiary/aromatic N) is 2. The molecule has 0 fully saturated rings. The van der Waals surface area contributed by atoms with E-state index in [1.165, 1.54) is 4.31 Å². The van der Waals surface area contributed by atoms with Gasteiger partial charge in [-0.2, -0.15) is 0 Å². The molecule has 2 amide bonds. The summed E-state index contributed by atoms with van der Waals surface area (Å²) in [4.78, 5) is 27.6. The Hall–Kier alpha value is -2.29. The van der Waals surface area contributed by atoms with E-state index in [1.54, 1.807) is 42.2 Å². The van der Waals surface area contributed by atoms with Crippen LogP contribution in [0.5, 0.6) is 0 Å². The zero-order valence-corrected chi connectivity index (χ0v) is 22.9. The Morgan fingerprint density at radius 3 is 2.23 bits per heavy atom. The number of halogens is 2. The van der Waals surface area contributed by atoms with Crippen LogP contribution in [0.4, 0.5) is 5.69 Å². The molecule has 2 aromatic carbocycles. The molecule has 7 nitrogen and oxygen atoms in total. The molecule has 35 heavy (non-hydrogen) atoms. The zero-order chi connectivity index (χ0) is 26.2. The highest BCUT2D eigenvalue weighted by Gasteiger charge is 2.28. The van der Waals surface area contributed by atoms with Gasteiger partial charge in [-0.1, -0.05) is 48.3 Å². The molecule has 0 bridgehead atoms. The normalized spacial score (nSPS) is 12.2. The van der Waals surface area contributed by atoms with Gasteiger partial charge in [-0.15, -0.1) is 0 Å². The van der Waals surface area contributed by atoms with E-state index in [9.17, 15) is 18.0 Å². The van der Waals surface area contributed by atoms with Gasteiger partial charge in [0, 0.05) is 36.1 Å². The molecular formula is C25H33Cl2N3O4S. The lowest BCUT2D eigenvalue weighted by Gasteiger charge is -2.31. The summed E-state index contributed by atoms with van der Waals surface area (Å²) in [6.45, 7) is 6.30. The number of amides is 2. The molecule has 1 atom stereocenters. The second kappa shape index (κ2) is 13.1. The number of likely N-dealkylation sites (N-methyl/N-ethyl adjacent to an activating group) is 1. The first kappa shape index (κ1) is 28.9. The number of carbonyl (C=O) groups is 2. The monoisotopic (exact) mass is 541 g/mol. The van der Waals surface area contributed by atoms with Crippen LogP contribution < -0.4 is 9.62 Å². The smallest absolute Gasteiger partial charge is 0.242 e. The van der Waals surface area contributed by atoms with Crippen LogP contribution in [-0.2, 0) is 26.2 Å². The number of anilines is 1. The van der Waals surface area contributed by atoms with Crippen LogP contribution in [-0.4, -0.2) is 50.5 Å². The number of sulfonamides is 1. The van der Waals surface area contributed by atoms with Crippen LogP contribution in [0.15, 0.2) is 42.5 Å². The fourth-order valence-corrected chi connectivity index (χ4v) is 5.14. The average molecular weight is 543 g/mol. The second-order valence-electron chi connectivity index (χ2n) is 8.34. The molecule has 0 aromatic heterocycles. The Balaban J connectivity index is 2.23. The fourth-order valence-electron chi connectivity index (χ4n) is 3.83. The number of benzene rings is 2. The summed E-state index contributed by atoms with van der Waals surface area (Å²) in [5.74, 6) is -0.445. The number of hydrogen-bond donors (Lipinski definition) is 1. The summed E-state index contributed by atoms with van der Waals surface area (Å²) in [5, 5.41) is 3.81. The molecule has 0 radical (unpaired) electrons. The first-order valence-corrected chi connectivity index (χ1v) is 14.1. The lowest BCUT2D eigenvalue weighted by molar-refractivity contribution is -0.141. The van der Waals surface area contributed by atoms with Crippen LogP contribution in [0.3, 0.4) is 0 Å². The van der Waals surface area contributed by atoms with Crippen molar-refractivity contribution in [1.82, 2.24) is 10.2 Å². The predicted octanol–water partition coefficient (Wildman–Crippen LogP) is 4.79. The van der Waals surface area contributed by atoms with Crippen molar-refractivity contribution in [3.63, 3.8) is 0 Å². The first-order valence-electron chi connectivity index (χ1n) is 11.5. The van der Waals surface area contributed by atoms with E-state index >= 15 is 0 Å². The maximum Gasteiger partial charge on any atom is 0.242 e. The summed E-state index contributed by atoms with van der Waals surface area (Å²) in [5.41, 5.74) is 2.09. The summed E-state index contributed by atoms with van der Waals surface area (Å²) in [6, 6.07) is 11.5. The molecule has 0 saturated heterocycles. The van der Waals surface area contributed by atoms with Gasteiger partial charge < -0.3 is 10.2 Å². The average Bonchev–Trinajstić information content (AvgIpc) is 2.79. The van der Waals surface area contributed by atoms with Crippen molar-refractivity contribution in [3.8, 4) is 0 Å². The van der Waals surface area contributed by atoms with Crippen molar-refractivity contribution in [2.75, 3.05) is 23.7 Å². The van der Waals surface area contributed by atoms with Gasteiger partial charge in [0.05, 0.1) is 11.9 Å². The van der Waals surface area contributed by atoms with Gasteiger partial charge in [-0.3, -0.25) is 13.9 Å². The van der Waals surface area contributed by atoms with E-state index in [0.717, 1.165) is 17.4 Å².